The lowest BCUT2D eigenvalue weighted by molar-refractivity contribution is -0.134. The smallest absolute Gasteiger partial charge is 0.252 e. The van der Waals surface area contributed by atoms with Crippen LogP contribution in [0.15, 0.2) is 15.7 Å². The van der Waals surface area contributed by atoms with E-state index in [1.165, 1.54) is 11.4 Å². The topological polar surface area (TPSA) is 119 Å². The van der Waals surface area contributed by atoms with Crippen LogP contribution in [0.2, 0.25) is 0 Å². The largest absolute Gasteiger partial charge is 0.378 e. The van der Waals surface area contributed by atoms with Gasteiger partial charge < -0.3 is 15.0 Å². The van der Waals surface area contributed by atoms with Gasteiger partial charge in [-0.15, -0.1) is 11.3 Å². The third kappa shape index (κ3) is 4.24. The van der Waals surface area contributed by atoms with Crippen molar-refractivity contribution in [2.24, 2.45) is 5.14 Å². The fraction of sp³-hybridized carbons (Fsp3) is 0.455. The predicted molar refractivity (Wildman–Crippen MR) is 75.4 cm³/mol. The highest BCUT2D eigenvalue weighted by molar-refractivity contribution is 7.91. The Morgan fingerprint density at radius 3 is 2.62 bits per heavy atom. The lowest BCUT2D eigenvalue weighted by atomic mass is 10.3. The van der Waals surface area contributed by atoms with Gasteiger partial charge in [-0.05, 0) is 6.07 Å². The van der Waals surface area contributed by atoms with Crippen molar-refractivity contribution in [1.82, 2.24) is 10.2 Å². The molecule has 3 N–H and O–H groups in total. The lowest BCUT2D eigenvalue weighted by Crippen LogP contribution is -2.45. The highest BCUT2D eigenvalue weighted by Crippen LogP contribution is 2.18. The van der Waals surface area contributed by atoms with E-state index in [4.69, 9.17) is 9.88 Å². The number of thiophene rings is 1. The molecule has 0 spiro atoms. The number of amides is 2. The Labute approximate surface area is 125 Å². The van der Waals surface area contributed by atoms with Crippen LogP contribution >= 0.6 is 11.3 Å². The van der Waals surface area contributed by atoms with Gasteiger partial charge in [0, 0.05) is 18.5 Å². The molecule has 0 unspecified atom stereocenters. The molecule has 2 rings (SSSR count). The quantitative estimate of drug-likeness (QED) is 0.731. The number of rotatable bonds is 4. The van der Waals surface area contributed by atoms with Crippen LogP contribution in [0.3, 0.4) is 0 Å². The summed E-state index contributed by atoms with van der Waals surface area (Å²) in [5, 5.41) is 8.81. The number of nitrogens with two attached hydrogens (primary N) is 1. The third-order valence-electron chi connectivity index (χ3n) is 2.88. The molecule has 0 aromatic carbocycles. The fourth-order valence-electron chi connectivity index (χ4n) is 1.77. The number of hydrogen-bond donors (Lipinski definition) is 2. The minimum atomic E-state index is -3.81. The van der Waals surface area contributed by atoms with Crippen molar-refractivity contribution in [2.75, 3.05) is 32.8 Å². The molecule has 1 fully saturated rings. The van der Waals surface area contributed by atoms with Crippen LogP contribution in [0, 0.1) is 0 Å². The van der Waals surface area contributed by atoms with Gasteiger partial charge in [0.05, 0.1) is 25.3 Å². The fourth-order valence-corrected chi connectivity index (χ4v) is 3.35. The van der Waals surface area contributed by atoms with Gasteiger partial charge in [-0.25, -0.2) is 13.6 Å². The highest BCUT2D eigenvalue weighted by Gasteiger charge is 2.19. The molecule has 0 atom stereocenters. The number of sulfonamides is 1. The Morgan fingerprint density at radius 2 is 2.05 bits per heavy atom. The van der Waals surface area contributed by atoms with Gasteiger partial charge in [-0.2, -0.15) is 0 Å². The molecule has 1 aromatic heterocycles. The maximum atomic E-state index is 11.8. The van der Waals surface area contributed by atoms with Crippen molar-refractivity contribution < 1.29 is 22.7 Å². The summed E-state index contributed by atoms with van der Waals surface area (Å²) in [7, 11) is -3.81. The van der Waals surface area contributed by atoms with E-state index in [0.29, 0.717) is 26.3 Å². The second-order valence-corrected chi connectivity index (χ2v) is 7.07. The van der Waals surface area contributed by atoms with E-state index in [1.54, 1.807) is 4.90 Å². The Morgan fingerprint density at radius 1 is 1.38 bits per heavy atom. The molecule has 0 radical (unpaired) electrons. The molecule has 1 saturated heterocycles. The standard InChI is InChI=1S/C11H15N3O5S2/c12-21(17,18)10-5-8(7-20-10)11(16)13-6-9(15)14-1-3-19-4-2-14/h5,7H,1-4,6H2,(H,13,16)(H2,12,17,18). The summed E-state index contributed by atoms with van der Waals surface area (Å²) in [6.45, 7) is 1.84. The summed E-state index contributed by atoms with van der Waals surface area (Å²) in [6.07, 6.45) is 0. The zero-order valence-electron chi connectivity index (χ0n) is 11.1. The maximum absolute atomic E-state index is 11.8. The molecule has 0 aliphatic carbocycles. The van der Waals surface area contributed by atoms with Crippen LogP contribution in [-0.2, 0) is 19.6 Å². The van der Waals surface area contributed by atoms with E-state index in [1.807, 2.05) is 0 Å². The molecule has 2 amide bonds. The minimum Gasteiger partial charge on any atom is -0.378 e. The van der Waals surface area contributed by atoms with Gasteiger partial charge in [-0.1, -0.05) is 0 Å². The maximum Gasteiger partial charge on any atom is 0.252 e. The van der Waals surface area contributed by atoms with E-state index in [9.17, 15) is 18.0 Å². The number of carbonyl (C=O) groups is 2. The number of primary sulfonamides is 1. The minimum absolute atomic E-state index is 0.0906. The molecule has 1 aromatic rings. The summed E-state index contributed by atoms with van der Waals surface area (Å²) in [4.78, 5) is 25.3. The van der Waals surface area contributed by atoms with Gasteiger partial charge in [0.1, 0.15) is 4.21 Å². The molecule has 0 saturated carbocycles. The number of hydrogen-bond acceptors (Lipinski definition) is 6. The van der Waals surface area contributed by atoms with Crippen molar-refractivity contribution in [3.8, 4) is 0 Å². The van der Waals surface area contributed by atoms with Gasteiger partial charge >= 0.3 is 0 Å². The van der Waals surface area contributed by atoms with Crippen LogP contribution in [0.25, 0.3) is 0 Å². The monoisotopic (exact) mass is 333 g/mol. The SMILES string of the molecule is NS(=O)(=O)c1cc(C(=O)NCC(=O)N2CCOCC2)cs1. The first-order valence-corrected chi connectivity index (χ1v) is 8.55. The Bertz CT molecular complexity index is 634. The number of carbonyl (C=O) groups excluding carboxylic acids is 2. The average molecular weight is 333 g/mol. The van der Waals surface area contributed by atoms with Crippen LogP contribution in [0.5, 0.6) is 0 Å². The molecule has 2 heterocycles. The first-order valence-electron chi connectivity index (χ1n) is 6.13. The van der Waals surface area contributed by atoms with E-state index >= 15 is 0 Å². The van der Waals surface area contributed by atoms with Crippen LogP contribution in [0.1, 0.15) is 10.4 Å². The Balaban J connectivity index is 1.89. The molecule has 1 aliphatic rings. The number of nitrogens with one attached hydrogen (secondary N) is 1. The summed E-state index contributed by atoms with van der Waals surface area (Å²) in [5.74, 6) is -0.712. The van der Waals surface area contributed by atoms with E-state index < -0.39 is 15.9 Å². The van der Waals surface area contributed by atoms with Crippen LogP contribution < -0.4 is 10.5 Å². The van der Waals surface area contributed by atoms with E-state index in [2.05, 4.69) is 5.32 Å². The lowest BCUT2D eigenvalue weighted by Gasteiger charge is -2.26. The first kappa shape index (κ1) is 15.9. The van der Waals surface area contributed by atoms with Crippen LogP contribution in [-0.4, -0.2) is 58.0 Å². The summed E-state index contributed by atoms with van der Waals surface area (Å²) < 4.78 is 27.3. The van der Waals surface area contributed by atoms with E-state index in [-0.39, 0.29) is 22.2 Å². The number of ether oxygens (including phenoxy) is 1. The molecule has 116 valence electrons. The zero-order valence-corrected chi connectivity index (χ0v) is 12.7. The van der Waals surface area contributed by atoms with Crippen LogP contribution in [0.4, 0.5) is 0 Å². The van der Waals surface area contributed by atoms with E-state index in [0.717, 1.165) is 11.3 Å². The van der Waals surface area contributed by atoms with Gasteiger partial charge in [0.2, 0.25) is 15.9 Å². The van der Waals surface area contributed by atoms with Gasteiger partial charge in [-0.3, -0.25) is 9.59 Å². The zero-order chi connectivity index (χ0) is 15.5. The molecule has 10 heteroatoms. The Kier molecular flexibility index (Phi) is 4.93. The van der Waals surface area contributed by atoms with Crippen molar-refractivity contribution >= 4 is 33.2 Å². The molecule has 21 heavy (non-hydrogen) atoms. The summed E-state index contributed by atoms with van der Waals surface area (Å²) in [6, 6.07) is 1.19. The summed E-state index contributed by atoms with van der Waals surface area (Å²) in [5.41, 5.74) is 0.166. The highest BCUT2D eigenvalue weighted by atomic mass is 32.2. The average Bonchev–Trinajstić information content (AvgIpc) is 2.95. The molecular formula is C11H15N3O5S2. The second kappa shape index (κ2) is 6.52. The third-order valence-corrected chi connectivity index (χ3v) is 5.27. The first-order chi connectivity index (χ1) is 9.88. The molecular weight excluding hydrogens is 318 g/mol. The Hall–Kier alpha value is -1.49. The number of nitrogens with zero attached hydrogens (tertiary/aromatic N) is 1. The normalized spacial score (nSPS) is 15.8. The molecule has 8 nitrogen and oxygen atoms in total. The van der Waals surface area contributed by atoms with Crippen molar-refractivity contribution in [2.45, 2.75) is 4.21 Å². The van der Waals surface area contributed by atoms with Gasteiger partial charge in [0.15, 0.2) is 0 Å². The second-order valence-electron chi connectivity index (χ2n) is 4.38. The van der Waals surface area contributed by atoms with Gasteiger partial charge in [0.25, 0.3) is 5.91 Å². The van der Waals surface area contributed by atoms with Crippen molar-refractivity contribution in [3.05, 3.63) is 17.0 Å². The summed E-state index contributed by atoms with van der Waals surface area (Å²) >= 11 is 0.861. The number of morpholine rings is 1. The predicted octanol–water partition coefficient (Wildman–Crippen LogP) is -1.02. The molecule has 1 aliphatic heterocycles. The van der Waals surface area contributed by atoms with Crippen molar-refractivity contribution in [3.63, 3.8) is 0 Å². The van der Waals surface area contributed by atoms with Crippen molar-refractivity contribution in [1.29, 1.82) is 0 Å². The molecule has 0 bridgehead atoms.